The highest BCUT2D eigenvalue weighted by Crippen LogP contribution is 2.30. The third kappa shape index (κ3) is 3.46. The van der Waals surface area contributed by atoms with Gasteiger partial charge in [-0.3, -0.25) is 4.79 Å². The zero-order chi connectivity index (χ0) is 12.4. The molecule has 1 aliphatic carbocycles. The maximum Gasteiger partial charge on any atom is 0.310 e. The second-order valence-corrected chi connectivity index (χ2v) is 5.79. The van der Waals surface area contributed by atoms with Crippen molar-refractivity contribution in [2.75, 3.05) is 20.1 Å². The number of rotatable bonds is 5. The van der Waals surface area contributed by atoms with Crippen molar-refractivity contribution in [2.24, 2.45) is 5.41 Å². The number of carboxylic acids is 1. The minimum absolute atomic E-state index is 0.463. The SMILES string of the molecule is CN(CC1(O)CCCC1)CC(C)(C)C(=O)O. The van der Waals surface area contributed by atoms with Crippen molar-refractivity contribution in [3.05, 3.63) is 0 Å². The van der Waals surface area contributed by atoms with Gasteiger partial charge < -0.3 is 15.1 Å². The first-order chi connectivity index (χ1) is 7.25. The van der Waals surface area contributed by atoms with Crippen LogP contribution in [0.5, 0.6) is 0 Å². The predicted molar refractivity (Wildman–Crippen MR) is 62.3 cm³/mol. The maximum absolute atomic E-state index is 11.0. The lowest BCUT2D eigenvalue weighted by atomic mass is 9.92. The Morgan fingerprint density at radius 1 is 1.38 bits per heavy atom. The average molecular weight is 229 g/mol. The maximum atomic E-state index is 11.0. The zero-order valence-corrected chi connectivity index (χ0v) is 10.5. The van der Waals surface area contributed by atoms with E-state index in [1.165, 1.54) is 0 Å². The molecule has 0 unspecified atom stereocenters. The fourth-order valence-corrected chi connectivity index (χ4v) is 2.49. The van der Waals surface area contributed by atoms with Crippen molar-refractivity contribution in [2.45, 2.75) is 45.1 Å². The summed E-state index contributed by atoms with van der Waals surface area (Å²) in [5.41, 5.74) is -1.35. The van der Waals surface area contributed by atoms with Crippen LogP contribution in [0.2, 0.25) is 0 Å². The molecule has 0 amide bonds. The summed E-state index contributed by atoms with van der Waals surface area (Å²) >= 11 is 0. The molecule has 4 nitrogen and oxygen atoms in total. The van der Waals surface area contributed by atoms with E-state index in [2.05, 4.69) is 0 Å². The highest BCUT2D eigenvalue weighted by Gasteiger charge is 2.35. The summed E-state index contributed by atoms with van der Waals surface area (Å²) in [6.07, 6.45) is 3.83. The van der Waals surface area contributed by atoms with Crippen LogP contribution >= 0.6 is 0 Å². The molecule has 0 aromatic heterocycles. The fraction of sp³-hybridized carbons (Fsp3) is 0.917. The van der Waals surface area contributed by atoms with Crippen molar-refractivity contribution in [3.63, 3.8) is 0 Å². The number of aliphatic carboxylic acids is 1. The second kappa shape index (κ2) is 4.72. The van der Waals surface area contributed by atoms with Gasteiger partial charge in [-0.05, 0) is 33.7 Å². The van der Waals surface area contributed by atoms with E-state index >= 15 is 0 Å². The molecule has 1 aliphatic rings. The van der Waals surface area contributed by atoms with E-state index in [0.29, 0.717) is 13.1 Å². The van der Waals surface area contributed by atoms with Crippen LogP contribution in [0.1, 0.15) is 39.5 Å². The summed E-state index contributed by atoms with van der Waals surface area (Å²) in [5, 5.41) is 19.2. The number of hydrogen-bond acceptors (Lipinski definition) is 3. The normalized spacial score (nSPS) is 20.3. The van der Waals surface area contributed by atoms with E-state index in [-0.39, 0.29) is 0 Å². The number of carboxylic acid groups (broad SMARTS) is 1. The van der Waals surface area contributed by atoms with Crippen LogP contribution in [0.4, 0.5) is 0 Å². The smallest absolute Gasteiger partial charge is 0.310 e. The summed E-state index contributed by atoms with van der Waals surface area (Å²) in [5.74, 6) is -0.794. The molecule has 0 saturated heterocycles. The number of likely N-dealkylation sites (N-methyl/N-ethyl adjacent to an activating group) is 1. The monoisotopic (exact) mass is 229 g/mol. The molecule has 0 aromatic rings. The van der Waals surface area contributed by atoms with Crippen LogP contribution in [0.3, 0.4) is 0 Å². The fourth-order valence-electron chi connectivity index (χ4n) is 2.49. The van der Waals surface area contributed by atoms with E-state index in [0.717, 1.165) is 25.7 Å². The molecule has 0 aromatic carbocycles. The lowest BCUT2D eigenvalue weighted by Gasteiger charge is -2.32. The largest absolute Gasteiger partial charge is 0.481 e. The molecule has 2 N–H and O–H groups in total. The summed E-state index contributed by atoms with van der Waals surface area (Å²) in [4.78, 5) is 12.9. The molecule has 0 heterocycles. The Bertz CT molecular complexity index is 257. The number of hydrogen-bond donors (Lipinski definition) is 2. The van der Waals surface area contributed by atoms with Crippen LogP contribution < -0.4 is 0 Å². The standard InChI is InChI=1S/C12H23NO3/c1-11(2,10(14)15)8-13(3)9-12(16)6-4-5-7-12/h16H,4-9H2,1-3H3,(H,14,15). The van der Waals surface area contributed by atoms with Crippen molar-refractivity contribution in [3.8, 4) is 0 Å². The summed E-state index contributed by atoms with van der Waals surface area (Å²) < 4.78 is 0. The molecule has 4 heteroatoms. The van der Waals surface area contributed by atoms with E-state index in [1.807, 2.05) is 11.9 Å². The Kier molecular flexibility index (Phi) is 3.97. The van der Waals surface area contributed by atoms with Gasteiger partial charge in [0.05, 0.1) is 11.0 Å². The van der Waals surface area contributed by atoms with E-state index in [4.69, 9.17) is 5.11 Å². The molecule has 0 aliphatic heterocycles. The zero-order valence-electron chi connectivity index (χ0n) is 10.5. The molecule has 0 bridgehead atoms. The van der Waals surface area contributed by atoms with Crippen LogP contribution in [0.15, 0.2) is 0 Å². The molecular formula is C12H23NO3. The quantitative estimate of drug-likeness (QED) is 0.746. The van der Waals surface area contributed by atoms with Crippen LogP contribution in [0, 0.1) is 5.41 Å². The Balaban J connectivity index is 2.47. The van der Waals surface area contributed by atoms with Gasteiger partial charge >= 0.3 is 5.97 Å². The Hall–Kier alpha value is -0.610. The van der Waals surface area contributed by atoms with Crippen molar-refractivity contribution < 1.29 is 15.0 Å². The van der Waals surface area contributed by atoms with Gasteiger partial charge in [-0.2, -0.15) is 0 Å². The summed E-state index contributed by atoms with van der Waals surface area (Å²) in [6, 6.07) is 0. The summed E-state index contributed by atoms with van der Waals surface area (Å²) in [6.45, 7) is 4.46. The van der Waals surface area contributed by atoms with Crippen LogP contribution in [0.25, 0.3) is 0 Å². The molecule has 1 saturated carbocycles. The predicted octanol–water partition coefficient (Wildman–Crippen LogP) is 1.33. The number of nitrogens with zero attached hydrogens (tertiary/aromatic N) is 1. The van der Waals surface area contributed by atoms with Gasteiger partial charge in [-0.1, -0.05) is 12.8 Å². The minimum Gasteiger partial charge on any atom is -0.481 e. The molecule has 1 rings (SSSR count). The average Bonchev–Trinajstić information content (AvgIpc) is 2.49. The van der Waals surface area contributed by atoms with Crippen molar-refractivity contribution >= 4 is 5.97 Å². The summed E-state index contributed by atoms with van der Waals surface area (Å²) in [7, 11) is 1.88. The van der Waals surface area contributed by atoms with Crippen LogP contribution in [-0.2, 0) is 4.79 Å². The minimum atomic E-state index is -0.794. The molecule has 94 valence electrons. The highest BCUT2D eigenvalue weighted by molar-refractivity contribution is 5.73. The third-order valence-electron chi connectivity index (χ3n) is 3.34. The third-order valence-corrected chi connectivity index (χ3v) is 3.34. The van der Waals surface area contributed by atoms with Gasteiger partial charge in [-0.25, -0.2) is 0 Å². The first-order valence-corrected chi connectivity index (χ1v) is 5.90. The van der Waals surface area contributed by atoms with Crippen molar-refractivity contribution in [1.82, 2.24) is 4.90 Å². The van der Waals surface area contributed by atoms with E-state index in [1.54, 1.807) is 13.8 Å². The molecule has 0 spiro atoms. The first-order valence-electron chi connectivity index (χ1n) is 5.90. The Morgan fingerprint density at radius 2 is 1.88 bits per heavy atom. The van der Waals surface area contributed by atoms with Gasteiger partial charge in [0.15, 0.2) is 0 Å². The van der Waals surface area contributed by atoms with E-state index in [9.17, 15) is 9.90 Å². The van der Waals surface area contributed by atoms with Gasteiger partial charge in [0.1, 0.15) is 0 Å². The highest BCUT2D eigenvalue weighted by atomic mass is 16.4. The molecule has 1 fully saturated rings. The number of aliphatic hydroxyl groups is 1. The first kappa shape index (κ1) is 13.5. The lowest BCUT2D eigenvalue weighted by Crippen LogP contribution is -2.44. The number of carbonyl (C=O) groups is 1. The topological polar surface area (TPSA) is 60.8 Å². The second-order valence-electron chi connectivity index (χ2n) is 5.79. The molecule has 0 atom stereocenters. The molecular weight excluding hydrogens is 206 g/mol. The van der Waals surface area contributed by atoms with Crippen LogP contribution in [-0.4, -0.2) is 46.8 Å². The Labute approximate surface area is 97.3 Å². The van der Waals surface area contributed by atoms with Gasteiger partial charge in [0, 0.05) is 13.1 Å². The van der Waals surface area contributed by atoms with Crippen molar-refractivity contribution in [1.29, 1.82) is 0 Å². The van der Waals surface area contributed by atoms with Gasteiger partial charge in [-0.15, -0.1) is 0 Å². The molecule has 16 heavy (non-hydrogen) atoms. The Morgan fingerprint density at radius 3 is 2.31 bits per heavy atom. The lowest BCUT2D eigenvalue weighted by molar-refractivity contribution is -0.148. The van der Waals surface area contributed by atoms with Gasteiger partial charge in [0.2, 0.25) is 0 Å². The molecule has 0 radical (unpaired) electrons. The van der Waals surface area contributed by atoms with E-state index < -0.39 is 17.0 Å². The van der Waals surface area contributed by atoms with Gasteiger partial charge in [0.25, 0.3) is 0 Å².